The van der Waals surface area contributed by atoms with Crippen molar-refractivity contribution in [3.05, 3.63) is 30.3 Å². The number of nitrogens with zero attached hydrogens (tertiary/aromatic N) is 1. The molecule has 2 rings (SSSR count). The zero-order valence-electron chi connectivity index (χ0n) is 10.5. The molecule has 1 amide bonds. The summed E-state index contributed by atoms with van der Waals surface area (Å²) in [5.41, 5.74) is 5.39. The highest BCUT2D eigenvalue weighted by Gasteiger charge is 2.23. The zero-order chi connectivity index (χ0) is 12.8. The van der Waals surface area contributed by atoms with Gasteiger partial charge in [-0.15, -0.1) is 0 Å². The molecule has 2 N–H and O–H groups in total. The van der Waals surface area contributed by atoms with Gasteiger partial charge >= 0.3 is 0 Å². The predicted octanol–water partition coefficient (Wildman–Crippen LogP) is 1.41. The molecular weight excluding hydrogens is 228 g/mol. The van der Waals surface area contributed by atoms with Crippen molar-refractivity contribution in [1.82, 2.24) is 4.90 Å². The Morgan fingerprint density at radius 1 is 1.28 bits per heavy atom. The molecule has 0 bridgehead atoms. The van der Waals surface area contributed by atoms with E-state index in [1.807, 2.05) is 35.2 Å². The van der Waals surface area contributed by atoms with E-state index in [1.54, 1.807) is 0 Å². The topological polar surface area (TPSA) is 55.6 Å². The fourth-order valence-electron chi connectivity index (χ4n) is 2.20. The van der Waals surface area contributed by atoms with Crippen LogP contribution < -0.4 is 10.5 Å². The third-order valence-corrected chi connectivity index (χ3v) is 3.20. The van der Waals surface area contributed by atoms with Crippen molar-refractivity contribution in [3.8, 4) is 5.75 Å². The molecule has 1 aromatic rings. The fourth-order valence-corrected chi connectivity index (χ4v) is 2.20. The minimum Gasteiger partial charge on any atom is -0.490 e. The average Bonchev–Trinajstić information content (AvgIpc) is 2.41. The first-order valence-corrected chi connectivity index (χ1v) is 6.49. The van der Waals surface area contributed by atoms with E-state index >= 15 is 0 Å². The summed E-state index contributed by atoms with van der Waals surface area (Å²) in [6, 6.07) is 9.84. The number of likely N-dealkylation sites (tertiary alicyclic amines) is 1. The van der Waals surface area contributed by atoms with Gasteiger partial charge in [-0.2, -0.15) is 0 Å². The van der Waals surface area contributed by atoms with E-state index in [-0.39, 0.29) is 12.0 Å². The Hall–Kier alpha value is -1.55. The number of carbonyl (C=O) groups is 1. The predicted molar refractivity (Wildman–Crippen MR) is 70.3 cm³/mol. The Balaban J connectivity index is 1.78. The molecule has 0 aromatic heterocycles. The van der Waals surface area contributed by atoms with Gasteiger partial charge in [-0.25, -0.2) is 0 Å². The summed E-state index contributed by atoms with van der Waals surface area (Å²) >= 11 is 0. The molecule has 1 aromatic carbocycles. The van der Waals surface area contributed by atoms with Crippen LogP contribution in [-0.2, 0) is 4.79 Å². The van der Waals surface area contributed by atoms with Gasteiger partial charge in [0.25, 0.3) is 0 Å². The maximum absolute atomic E-state index is 11.7. The standard InChI is InChI=1S/C14H20N2O2/c15-9-6-14(17)16-10-7-13(8-11-16)18-12-4-2-1-3-5-12/h1-5,13H,6-11,15H2. The first-order valence-electron chi connectivity index (χ1n) is 6.49. The zero-order valence-corrected chi connectivity index (χ0v) is 10.5. The van der Waals surface area contributed by atoms with E-state index < -0.39 is 0 Å². The highest BCUT2D eigenvalue weighted by atomic mass is 16.5. The third kappa shape index (κ3) is 3.47. The van der Waals surface area contributed by atoms with Gasteiger partial charge in [-0.3, -0.25) is 4.79 Å². The van der Waals surface area contributed by atoms with Gasteiger partial charge in [0.05, 0.1) is 0 Å². The fraction of sp³-hybridized carbons (Fsp3) is 0.500. The molecular formula is C14H20N2O2. The second-order valence-electron chi connectivity index (χ2n) is 4.55. The molecule has 0 aliphatic carbocycles. The second kappa shape index (κ2) is 6.40. The number of carbonyl (C=O) groups excluding carboxylic acids is 1. The number of rotatable bonds is 4. The summed E-state index contributed by atoms with van der Waals surface area (Å²) in [6.07, 6.45) is 2.45. The monoisotopic (exact) mass is 248 g/mol. The van der Waals surface area contributed by atoms with Crippen LogP contribution in [0.4, 0.5) is 0 Å². The van der Waals surface area contributed by atoms with E-state index in [2.05, 4.69) is 0 Å². The van der Waals surface area contributed by atoms with Crippen molar-refractivity contribution < 1.29 is 9.53 Å². The largest absolute Gasteiger partial charge is 0.490 e. The van der Waals surface area contributed by atoms with Crippen LogP contribution in [0.3, 0.4) is 0 Å². The molecule has 4 heteroatoms. The lowest BCUT2D eigenvalue weighted by molar-refractivity contribution is -0.132. The van der Waals surface area contributed by atoms with Crippen LogP contribution in [0.15, 0.2) is 30.3 Å². The Kier molecular flexibility index (Phi) is 4.59. The first-order chi connectivity index (χ1) is 8.79. The van der Waals surface area contributed by atoms with E-state index in [9.17, 15) is 4.79 Å². The van der Waals surface area contributed by atoms with Gasteiger partial charge in [0.2, 0.25) is 5.91 Å². The number of benzene rings is 1. The maximum atomic E-state index is 11.7. The summed E-state index contributed by atoms with van der Waals surface area (Å²) in [4.78, 5) is 13.6. The van der Waals surface area contributed by atoms with Gasteiger partial charge in [0.15, 0.2) is 0 Å². The van der Waals surface area contributed by atoms with Crippen molar-refractivity contribution in [2.45, 2.75) is 25.4 Å². The highest BCUT2D eigenvalue weighted by molar-refractivity contribution is 5.76. The number of amides is 1. The van der Waals surface area contributed by atoms with E-state index in [1.165, 1.54) is 0 Å². The lowest BCUT2D eigenvalue weighted by atomic mass is 10.1. The molecule has 1 saturated heterocycles. The van der Waals surface area contributed by atoms with Crippen molar-refractivity contribution in [3.63, 3.8) is 0 Å². The molecule has 98 valence electrons. The number of para-hydroxylation sites is 1. The second-order valence-corrected chi connectivity index (χ2v) is 4.55. The van der Waals surface area contributed by atoms with Crippen LogP contribution in [0.5, 0.6) is 5.75 Å². The summed E-state index contributed by atoms with van der Waals surface area (Å²) in [5.74, 6) is 1.07. The van der Waals surface area contributed by atoms with Crippen LogP contribution in [0.1, 0.15) is 19.3 Å². The van der Waals surface area contributed by atoms with Crippen LogP contribution in [-0.4, -0.2) is 36.5 Å². The Bertz CT molecular complexity index is 373. The third-order valence-electron chi connectivity index (χ3n) is 3.20. The maximum Gasteiger partial charge on any atom is 0.223 e. The molecule has 0 spiro atoms. The summed E-state index contributed by atoms with van der Waals surface area (Å²) in [6.45, 7) is 1.98. The van der Waals surface area contributed by atoms with Gasteiger partial charge in [-0.1, -0.05) is 18.2 Å². The van der Waals surface area contributed by atoms with Gasteiger partial charge in [0.1, 0.15) is 11.9 Å². The summed E-state index contributed by atoms with van der Waals surface area (Å²) < 4.78 is 5.88. The number of ether oxygens (including phenoxy) is 1. The molecule has 0 saturated carbocycles. The van der Waals surface area contributed by atoms with Crippen LogP contribution >= 0.6 is 0 Å². The molecule has 1 aliphatic heterocycles. The van der Waals surface area contributed by atoms with Gasteiger partial charge in [0, 0.05) is 38.9 Å². The van der Waals surface area contributed by atoms with E-state index in [0.717, 1.165) is 31.7 Å². The normalized spacial score (nSPS) is 16.6. The smallest absolute Gasteiger partial charge is 0.223 e. The van der Waals surface area contributed by atoms with E-state index in [4.69, 9.17) is 10.5 Å². The summed E-state index contributed by atoms with van der Waals surface area (Å²) in [5, 5.41) is 0. The summed E-state index contributed by atoms with van der Waals surface area (Å²) in [7, 11) is 0. The molecule has 18 heavy (non-hydrogen) atoms. The molecule has 0 atom stereocenters. The molecule has 4 nitrogen and oxygen atoms in total. The van der Waals surface area contributed by atoms with Crippen LogP contribution in [0.25, 0.3) is 0 Å². The van der Waals surface area contributed by atoms with Crippen molar-refractivity contribution in [1.29, 1.82) is 0 Å². The molecule has 1 fully saturated rings. The molecule has 1 aliphatic rings. The highest BCUT2D eigenvalue weighted by Crippen LogP contribution is 2.18. The SMILES string of the molecule is NCCC(=O)N1CCC(Oc2ccccc2)CC1. The number of piperidine rings is 1. The van der Waals surface area contributed by atoms with Crippen molar-refractivity contribution in [2.24, 2.45) is 5.73 Å². The number of nitrogens with two attached hydrogens (primary N) is 1. The number of hydrogen-bond donors (Lipinski definition) is 1. The Morgan fingerprint density at radius 3 is 2.56 bits per heavy atom. The van der Waals surface area contributed by atoms with Crippen LogP contribution in [0, 0.1) is 0 Å². The van der Waals surface area contributed by atoms with Crippen LogP contribution in [0.2, 0.25) is 0 Å². The Labute approximate surface area is 108 Å². The van der Waals surface area contributed by atoms with Crippen molar-refractivity contribution >= 4 is 5.91 Å². The average molecular weight is 248 g/mol. The quantitative estimate of drug-likeness (QED) is 0.876. The van der Waals surface area contributed by atoms with Gasteiger partial charge in [-0.05, 0) is 12.1 Å². The Morgan fingerprint density at radius 2 is 1.94 bits per heavy atom. The minimum atomic E-state index is 0.163. The lowest BCUT2D eigenvalue weighted by Crippen LogP contribution is -2.42. The van der Waals surface area contributed by atoms with Crippen molar-refractivity contribution in [2.75, 3.05) is 19.6 Å². The molecule has 1 heterocycles. The first kappa shape index (κ1) is 12.9. The molecule has 0 unspecified atom stereocenters. The molecule has 0 radical (unpaired) electrons. The lowest BCUT2D eigenvalue weighted by Gasteiger charge is -2.32. The van der Waals surface area contributed by atoms with E-state index in [0.29, 0.717) is 13.0 Å². The van der Waals surface area contributed by atoms with Gasteiger partial charge < -0.3 is 15.4 Å². The number of hydrogen-bond acceptors (Lipinski definition) is 3. The minimum absolute atomic E-state index is 0.163.